The van der Waals surface area contributed by atoms with Gasteiger partial charge in [-0.25, -0.2) is 8.42 Å². The fraction of sp³-hybridized carbons (Fsp3) is 0.650. The number of hydrogen-bond acceptors (Lipinski definition) is 4. The smallest absolute Gasteiger partial charge is 0.243 e. The molecule has 1 saturated heterocycles. The minimum Gasteiger partial charge on any atom is -0.383 e. The van der Waals surface area contributed by atoms with Crippen molar-refractivity contribution < 1.29 is 17.9 Å². The summed E-state index contributed by atoms with van der Waals surface area (Å²) in [4.78, 5) is 14.8. The highest BCUT2D eigenvalue weighted by molar-refractivity contribution is 7.89. The zero-order valence-electron chi connectivity index (χ0n) is 16.7. The number of sulfonamides is 1. The number of rotatable bonds is 4. The van der Waals surface area contributed by atoms with Gasteiger partial charge in [0.25, 0.3) is 0 Å². The van der Waals surface area contributed by atoms with Crippen molar-refractivity contribution in [1.82, 2.24) is 9.21 Å². The molecule has 2 aliphatic rings. The van der Waals surface area contributed by atoms with E-state index in [0.29, 0.717) is 31.1 Å². The largest absolute Gasteiger partial charge is 0.383 e. The van der Waals surface area contributed by atoms with Crippen LogP contribution in [0.2, 0.25) is 0 Å². The molecule has 1 aromatic rings. The van der Waals surface area contributed by atoms with E-state index in [1.54, 1.807) is 23.5 Å². The van der Waals surface area contributed by atoms with Gasteiger partial charge in [0.05, 0.1) is 11.5 Å². The Morgan fingerprint density at radius 2 is 1.96 bits per heavy atom. The molecule has 27 heavy (non-hydrogen) atoms. The summed E-state index contributed by atoms with van der Waals surface area (Å²) in [5.41, 5.74) is 1.62. The van der Waals surface area contributed by atoms with Crippen molar-refractivity contribution in [1.29, 1.82) is 0 Å². The molecule has 7 heteroatoms. The second kappa shape index (κ2) is 7.53. The highest BCUT2D eigenvalue weighted by Crippen LogP contribution is 2.30. The molecule has 0 aliphatic carbocycles. The number of methoxy groups -OCH3 is 1. The molecule has 1 atom stereocenters. The Balaban J connectivity index is 1.87. The Morgan fingerprint density at radius 1 is 1.22 bits per heavy atom. The Kier molecular flexibility index (Phi) is 5.66. The van der Waals surface area contributed by atoms with E-state index in [9.17, 15) is 13.2 Å². The summed E-state index contributed by atoms with van der Waals surface area (Å²) in [6.07, 6.45) is 2.44. The molecule has 0 radical (unpaired) electrons. The molecule has 0 spiro atoms. The van der Waals surface area contributed by atoms with E-state index >= 15 is 0 Å². The lowest BCUT2D eigenvalue weighted by molar-refractivity contribution is -0.140. The van der Waals surface area contributed by atoms with E-state index in [4.69, 9.17) is 4.74 Å². The number of amides is 1. The molecular weight excluding hydrogens is 364 g/mol. The molecule has 0 unspecified atom stereocenters. The van der Waals surface area contributed by atoms with Crippen molar-refractivity contribution in [2.45, 2.75) is 57.5 Å². The third-order valence-corrected chi connectivity index (χ3v) is 7.36. The zero-order valence-corrected chi connectivity index (χ0v) is 17.5. The molecule has 150 valence electrons. The molecule has 0 bridgehead atoms. The summed E-state index contributed by atoms with van der Waals surface area (Å²) in [5.74, 6) is 0.0983. The first-order chi connectivity index (χ1) is 12.6. The van der Waals surface area contributed by atoms with Gasteiger partial charge in [-0.3, -0.25) is 4.79 Å². The van der Waals surface area contributed by atoms with Crippen LogP contribution < -0.4 is 0 Å². The van der Waals surface area contributed by atoms with E-state index in [1.165, 1.54) is 0 Å². The van der Waals surface area contributed by atoms with Gasteiger partial charge in [0.2, 0.25) is 15.9 Å². The third-order valence-electron chi connectivity index (χ3n) is 5.41. The van der Waals surface area contributed by atoms with Crippen LogP contribution in [0.3, 0.4) is 0 Å². The van der Waals surface area contributed by atoms with Crippen LogP contribution in [0.5, 0.6) is 0 Å². The first kappa shape index (κ1) is 20.3. The van der Waals surface area contributed by atoms with E-state index in [0.717, 1.165) is 30.4 Å². The normalized spacial score (nSPS) is 21.3. The number of hydrogen-bond donors (Lipinski definition) is 0. The van der Waals surface area contributed by atoms with Crippen molar-refractivity contribution in [3.8, 4) is 0 Å². The fourth-order valence-corrected chi connectivity index (χ4v) is 5.69. The molecule has 6 nitrogen and oxygen atoms in total. The number of ether oxygens (including phenoxy) is 1. The van der Waals surface area contributed by atoms with Crippen molar-refractivity contribution in [2.75, 3.05) is 26.8 Å². The summed E-state index contributed by atoms with van der Waals surface area (Å²) in [6, 6.07) is 5.27. The second-order valence-corrected chi connectivity index (χ2v) is 10.4. The maximum Gasteiger partial charge on any atom is 0.243 e. The zero-order chi connectivity index (χ0) is 19.8. The lowest BCUT2D eigenvalue weighted by Crippen LogP contribution is -2.42. The number of carbonyl (C=O) groups is 1. The van der Waals surface area contributed by atoms with E-state index in [2.05, 4.69) is 0 Å². The lowest BCUT2D eigenvalue weighted by Gasteiger charge is -2.34. The highest BCUT2D eigenvalue weighted by atomic mass is 32.2. The Morgan fingerprint density at radius 3 is 2.63 bits per heavy atom. The van der Waals surface area contributed by atoms with Gasteiger partial charge in [-0.2, -0.15) is 4.31 Å². The van der Waals surface area contributed by atoms with Gasteiger partial charge in [0, 0.05) is 38.2 Å². The van der Waals surface area contributed by atoms with Crippen molar-refractivity contribution in [3.05, 3.63) is 29.3 Å². The second-order valence-electron chi connectivity index (χ2n) is 8.52. The van der Waals surface area contributed by atoms with E-state index in [-0.39, 0.29) is 11.9 Å². The first-order valence-electron chi connectivity index (χ1n) is 9.56. The minimum atomic E-state index is -3.56. The summed E-state index contributed by atoms with van der Waals surface area (Å²) < 4.78 is 33.1. The first-order valence-corrected chi connectivity index (χ1v) is 11.0. The summed E-state index contributed by atoms with van der Waals surface area (Å²) in [6.45, 7) is 7.83. The van der Waals surface area contributed by atoms with Gasteiger partial charge in [-0.05, 0) is 42.5 Å². The average Bonchev–Trinajstić information content (AvgIpc) is 3.09. The van der Waals surface area contributed by atoms with Crippen LogP contribution in [-0.4, -0.2) is 56.4 Å². The summed E-state index contributed by atoms with van der Waals surface area (Å²) >= 11 is 0. The quantitative estimate of drug-likeness (QED) is 0.787. The average molecular weight is 395 g/mol. The van der Waals surface area contributed by atoms with E-state index < -0.39 is 15.4 Å². The molecule has 2 aliphatic heterocycles. The van der Waals surface area contributed by atoms with Crippen LogP contribution in [0.1, 0.15) is 44.7 Å². The van der Waals surface area contributed by atoms with Crippen molar-refractivity contribution >= 4 is 15.9 Å². The molecule has 1 aromatic carbocycles. The van der Waals surface area contributed by atoms with Crippen molar-refractivity contribution in [3.63, 3.8) is 0 Å². The standard InChI is InChI=1S/C20H30N2O4S/c1-20(2,3)19(23)21-11-9-15-7-8-18(12-16(15)13-21)27(24,25)22-10-5-6-17(22)14-26-4/h7-8,12,17H,5-6,9-11,13-14H2,1-4H3/t17-/m1/s1. The Labute approximate surface area is 162 Å². The predicted molar refractivity (Wildman–Crippen MR) is 104 cm³/mol. The van der Waals surface area contributed by atoms with Gasteiger partial charge < -0.3 is 9.64 Å². The van der Waals surface area contributed by atoms with Gasteiger partial charge >= 0.3 is 0 Å². The van der Waals surface area contributed by atoms with Crippen LogP contribution in [0.4, 0.5) is 0 Å². The van der Waals surface area contributed by atoms with Crippen LogP contribution in [0, 0.1) is 5.41 Å². The molecule has 1 amide bonds. The highest BCUT2D eigenvalue weighted by Gasteiger charge is 2.36. The topological polar surface area (TPSA) is 66.9 Å². The molecule has 1 fully saturated rings. The Bertz CT molecular complexity index is 814. The van der Waals surface area contributed by atoms with Crippen LogP contribution in [0.25, 0.3) is 0 Å². The molecule has 2 heterocycles. The number of benzene rings is 1. The molecular formula is C20H30N2O4S. The summed E-state index contributed by atoms with van der Waals surface area (Å²) in [7, 11) is -1.96. The number of fused-ring (bicyclic) bond motifs is 1. The molecule has 0 aromatic heterocycles. The lowest BCUT2D eigenvalue weighted by atomic mass is 9.92. The van der Waals surface area contributed by atoms with Crippen molar-refractivity contribution in [2.24, 2.45) is 5.41 Å². The molecule has 0 saturated carbocycles. The molecule has 0 N–H and O–H groups in total. The minimum absolute atomic E-state index is 0.0983. The fourth-order valence-electron chi connectivity index (χ4n) is 3.96. The number of nitrogens with zero attached hydrogens (tertiary/aromatic N) is 2. The Hall–Kier alpha value is -1.44. The molecule has 3 rings (SSSR count). The monoisotopic (exact) mass is 394 g/mol. The van der Waals surface area contributed by atoms with Gasteiger partial charge in [-0.15, -0.1) is 0 Å². The van der Waals surface area contributed by atoms with Gasteiger partial charge in [0.15, 0.2) is 0 Å². The number of carbonyl (C=O) groups excluding carboxylic acids is 1. The van der Waals surface area contributed by atoms with Crippen LogP contribution in [0.15, 0.2) is 23.1 Å². The van der Waals surface area contributed by atoms with Crippen LogP contribution in [-0.2, 0) is 32.5 Å². The van der Waals surface area contributed by atoms with E-state index in [1.807, 2.05) is 31.7 Å². The predicted octanol–water partition coefficient (Wildman–Crippen LogP) is 2.42. The SMILES string of the molecule is COC[C@H]1CCCN1S(=O)(=O)c1ccc2c(c1)CN(C(=O)C(C)(C)C)CC2. The van der Waals surface area contributed by atoms with Crippen LogP contribution >= 0.6 is 0 Å². The maximum atomic E-state index is 13.2. The summed E-state index contributed by atoms with van der Waals surface area (Å²) in [5, 5.41) is 0. The van der Waals surface area contributed by atoms with Gasteiger partial charge in [-0.1, -0.05) is 26.8 Å². The maximum absolute atomic E-state index is 13.2. The van der Waals surface area contributed by atoms with Gasteiger partial charge in [0.1, 0.15) is 0 Å². The third kappa shape index (κ3) is 4.05.